The van der Waals surface area contributed by atoms with Gasteiger partial charge in [-0.15, -0.1) is 0 Å². The van der Waals surface area contributed by atoms with E-state index >= 15 is 0 Å². The number of para-hydroxylation sites is 1. The third-order valence-electron chi connectivity index (χ3n) is 5.04. The van der Waals surface area contributed by atoms with Gasteiger partial charge in [0.2, 0.25) is 0 Å². The molecule has 2 unspecified atom stereocenters. The molecule has 19 heavy (non-hydrogen) atoms. The number of benzene rings is 1. The molecule has 2 nitrogen and oxygen atoms in total. The summed E-state index contributed by atoms with van der Waals surface area (Å²) >= 11 is 0. The highest BCUT2D eigenvalue weighted by Crippen LogP contribution is 2.53. The van der Waals surface area contributed by atoms with E-state index in [2.05, 4.69) is 36.5 Å². The van der Waals surface area contributed by atoms with E-state index in [0.717, 1.165) is 12.3 Å². The fourth-order valence-electron chi connectivity index (χ4n) is 3.99. The second kappa shape index (κ2) is 5.54. The van der Waals surface area contributed by atoms with Crippen LogP contribution in [0.5, 0.6) is 5.75 Å². The first-order valence-corrected chi connectivity index (χ1v) is 7.80. The van der Waals surface area contributed by atoms with Gasteiger partial charge in [0.05, 0.1) is 0 Å². The molecule has 2 fully saturated rings. The molecular formula is C17H25NO. The van der Waals surface area contributed by atoms with Crippen molar-refractivity contribution in [2.24, 2.45) is 5.41 Å². The van der Waals surface area contributed by atoms with E-state index in [-0.39, 0.29) is 0 Å². The Morgan fingerprint density at radius 1 is 1.16 bits per heavy atom. The molecule has 0 heterocycles. The number of rotatable bonds is 4. The molecule has 0 bridgehead atoms. The summed E-state index contributed by atoms with van der Waals surface area (Å²) in [6.07, 6.45) is 8.40. The van der Waals surface area contributed by atoms with E-state index in [0.29, 0.717) is 17.6 Å². The molecule has 1 N–H and O–H groups in total. The van der Waals surface area contributed by atoms with Gasteiger partial charge in [0.15, 0.2) is 0 Å². The number of hydrogen-bond donors (Lipinski definition) is 1. The Kier molecular flexibility index (Phi) is 3.79. The summed E-state index contributed by atoms with van der Waals surface area (Å²) in [5.41, 5.74) is 0.407. The molecule has 0 amide bonds. The molecule has 1 aromatic rings. The molecule has 1 spiro atoms. The number of ether oxygens (including phenoxy) is 1. The van der Waals surface area contributed by atoms with Crippen molar-refractivity contribution in [2.45, 2.75) is 57.6 Å². The van der Waals surface area contributed by atoms with Crippen molar-refractivity contribution in [1.82, 2.24) is 5.32 Å². The van der Waals surface area contributed by atoms with Crippen LogP contribution in [0.25, 0.3) is 0 Å². The summed E-state index contributed by atoms with van der Waals surface area (Å²) < 4.78 is 6.28. The summed E-state index contributed by atoms with van der Waals surface area (Å²) in [7, 11) is 0. The zero-order chi connectivity index (χ0) is 13.1. The van der Waals surface area contributed by atoms with Crippen LogP contribution < -0.4 is 10.1 Å². The van der Waals surface area contributed by atoms with Gasteiger partial charge >= 0.3 is 0 Å². The Morgan fingerprint density at radius 2 is 1.89 bits per heavy atom. The van der Waals surface area contributed by atoms with Crippen molar-refractivity contribution in [3.8, 4) is 5.75 Å². The van der Waals surface area contributed by atoms with Crippen LogP contribution >= 0.6 is 0 Å². The fraction of sp³-hybridized carbons (Fsp3) is 0.647. The molecule has 0 aromatic heterocycles. The van der Waals surface area contributed by atoms with Crippen molar-refractivity contribution >= 4 is 0 Å². The Labute approximate surface area is 116 Å². The molecule has 3 rings (SSSR count). The van der Waals surface area contributed by atoms with Crippen LogP contribution in [-0.2, 0) is 0 Å². The minimum atomic E-state index is 0.407. The van der Waals surface area contributed by atoms with Crippen LogP contribution in [0, 0.1) is 5.41 Å². The van der Waals surface area contributed by atoms with E-state index in [4.69, 9.17) is 4.74 Å². The molecule has 104 valence electrons. The smallest absolute Gasteiger partial charge is 0.119 e. The van der Waals surface area contributed by atoms with Gasteiger partial charge in [0.25, 0.3) is 0 Å². The molecule has 0 aliphatic heterocycles. The average molecular weight is 259 g/mol. The zero-order valence-corrected chi connectivity index (χ0v) is 11.9. The van der Waals surface area contributed by atoms with Crippen molar-refractivity contribution in [2.75, 3.05) is 6.54 Å². The summed E-state index contributed by atoms with van der Waals surface area (Å²) in [6.45, 7) is 3.28. The molecule has 2 heteroatoms. The van der Waals surface area contributed by atoms with E-state index in [1.807, 2.05) is 6.07 Å². The van der Waals surface area contributed by atoms with Gasteiger partial charge < -0.3 is 10.1 Å². The van der Waals surface area contributed by atoms with Crippen LogP contribution in [0.15, 0.2) is 30.3 Å². The Balaban J connectivity index is 1.71. The number of hydrogen-bond acceptors (Lipinski definition) is 2. The van der Waals surface area contributed by atoms with E-state index < -0.39 is 0 Å². The van der Waals surface area contributed by atoms with Crippen molar-refractivity contribution in [1.29, 1.82) is 0 Å². The van der Waals surface area contributed by atoms with Gasteiger partial charge in [0.1, 0.15) is 11.9 Å². The maximum atomic E-state index is 6.28. The molecule has 0 radical (unpaired) electrons. The van der Waals surface area contributed by atoms with E-state index in [1.165, 1.54) is 38.5 Å². The molecule has 1 aromatic carbocycles. The van der Waals surface area contributed by atoms with Gasteiger partial charge in [-0.1, -0.05) is 44.4 Å². The monoisotopic (exact) mass is 259 g/mol. The van der Waals surface area contributed by atoms with E-state index in [1.54, 1.807) is 0 Å². The first kappa shape index (κ1) is 13.0. The summed E-state index contributed by atoms with van der Waals surface area (Å²) in [5.74, 6) is 1.03. The molecule has 2 aliphatic rings. The lowest BCUT2D eigenvalue weighted by molar-refractivity contribution is -0.102. The maximum absolute atomic E-state index is 6.28. The first-order chi connectivity index (χ1) is 9.35. The van der Waals surface area contributed by atoms with Gasteiger partial charge in [-0.05, 0) is 31.5 Å². The minimum Gasteiger partial charge on any atom is -0.490 e. The zero-order valence-electron chi connectivity index (χ0n) is 11.9. The predicted molar refractivity (Wildman–Crippen MR) is 78.5 cm³/mol. The second-order valence-electron chi connectivity index (χ2n) is 6.06. The number of nitrogens with one attached hydrogen (secondary N) is 1. The lowest BCUT2D eigenvalue weighted by atomic mass is 9.55. The van der Waals surface area contributed by atoms with Gasteiger partial charge in [-0.25, -0.2) is 0 Å². The van der Waals surface area contributed by atoms with Gasteiger partial charge in [-0.2, -0.15) is 0 Å². The van der Waals surface area contributed by atoms with Crippen LogP contribution in [0.3, 0.4) is 0 Å². The quantitative estimate of drug-likeness (QED) is 0.889. The molecule has 2 aliphatic carbocycles. The first-order valence-electron chi connectivity index (χ1n) is 7.80. The van der Waals surface area contributed by atoms with Crippen molar-refractivity contribution < 1.29 is 4.74 Å². The SMILES string of the molecule is CCNC1CC(Oc2ccccc2)C12CCCCC2. The van der Waals surface area contributed by atoms with Crippen LogP contribution in [0.2, 0.25) is 0 Å². The summed E-state index contributed by atoms with van der Waals surface area (Å²) in [5, 5.41) is 3.68. The van der Waals surface area contributed by atoms with Crippen LogP contribution in [0.4, 0.5) is 0 Å². The Morgan fingerprint density at radius 3 is 2.58 bits per heavy atom. The van der Waals surface area contributed by atoms with Crippen molar-refractivity contribution in [3.63, 3.8) is 0 Å². The van der Waals surface area contributed by atoms with Gasteiger partial charge in [-0.3, -0.25) is 0 Å². The lowest BCUT2D eigenvalue weighted by Gasteiger charge is -2.57. The van der Waals surface area contributed by atoms with Crippen LogP contribution in [0.1, 0.15) is 45.4 Å². The largest absolute Gasteiger partial charge is 0.490 e. The highest BCUT2D eigenvalue weighted by Gasteiger charge is 2.56. The topological polar surface area (TPSA) is 21.3 Å². The molecule has 2 saturated carbocycles. The van der Waals surface area contributed by atoms with Crippen molar-refractivity contribution in [3.05, 3.63) is 30.3 Å². The third kappa shape index (κ3) is 2.38. The predicted octanol–water partition coefficient (Wildman–Crippen LogP) is 3.77. The normalized spacial score (nSPS) is 28.9. The molecular weight excluding hydrogens is 234 g/mol. The Bertz CT molecular complexity index is 397. The lowest BCUT2D eigenvalue weighted by Crippen LogP contribution is -2.65. The highest BCUT2D eigenvalue weighted by molar-refractivity contribution is 5.23. The summed E-state index contributed by atoms with van der Waals surface area (Å²) in [6, 6.07) is 11.0. The maximum Gasteiger partial charge on any atom is 0.119 e. The Hall–Kier alpha value is -1.02. The highest BCUT2D eigenvalue weighted by atomic mass is 16.5. The fourth-order valence-corrected chi connectivity index (χ4v) is 3.99. The third-order valence-corrected chi connectivity index (χ3v) is 5.04. The average Bonchev–Trinajstić information content (AvgIpc) is 2.48. The summed E-state index contributed by atoms with van der Waals surface area (Å²) in [4.78, 5) is 0. The standard InChI is InChI=1S/C17H25NO/c1-2-18-15-13-16(17(15)11-7-4-8-12-17)19-14-9-5-3-6-10-14/h3,5-6,9-10,15-16,18H,2,4,7-8,11-13H2,1H3. The molecule has 0 saturated heterocycles. The molecule has 2 atom stereocenters. The van der Waals surface area contributed by atoms with Crippen LogP contribution in [-0.4, -0.2) is 18.7 Å². The van der Waals surface area contributed by atoms with E-state index in [9.17, 15) is 0 Å². The minimum absolute atomic E-state index is 0.407. The second-order valence-corrected chi connectivity index (χ2v) is 6.06. The van der Waals surface area contributed by atoms with Gasteiger partial charge in [0, 0.05) is 17.9 Å².